The Morgan fingerprint density at radius 1 is 1.04 bits per heavy atom. The van der Waals surface area contributed by atoms with Crippen molar-refractivity contribution >= 4 is 23.6 Å². The van der Waals surface area contributed by atoms with Crippen LogP contribution in [0, 0.1) is 5.41 Å². The molecule has 23 heavy (non-hydrogen) atoms. The van der Waals surface area contributed by atoms with Gasteiger partial charge in [0.1, 0.15) is 5.75 Å². The zero-order valence-corrected chi connectivity index (χ0v) is 12.3. The van der Waals surface area contributed by atoms with E-state index >= 15 is 0 Å². The van der Waals surface area contributed by atoms with Gasteiger partial charge in [-0.2, -0.15) is 0 Å². The Hall–Kier alpha value is -3.35. The van der Waals surface area contributed by atoms with Crippen molar-refractivity contribution in [3.63, 3.8) is 0 Å². The van der Waals surface area contributed by atoms with Crippen molar-refractivity contribution in [2.75, 3.05) is 12.4 Å². The predicted octanol–water partition coefficient (Wildman–Crippen LogP) is 2.00. The summed E-state index contributed by atoms with van der Waals surface area (Å²) in [6.07, 6.45) is 0. The summed E-state index contributed by atoms with van der Waals surface area (Å²) in [6, 6.07) is 12.4. The second-order valence-corrected chi connectivity index (χ2v) is 4.52. The van der Waals surface area contributed by atoms with E-state index in [0.717, 1.165) is 0 Å². The average molecular weight is 313 g/mol. The molecule has 0 amide bonds. The Balaban J connectivity index is 2.09. The smallest absolute Gasteiger partial charge is 0.343 e. The molecule has 4 N–H and O–H groups in total. The lowest BCUT2D eigenvalue weighted by atomic mass is 10.2. The number of ether oxygens (including phenoxy) is 2. The molecule has 0 atom stereocenters. The maximum Gasteiger partial charge on any atom is 0.343 e. The Kier molecular flexibility index (Phi) is 4.93. The molecular formula is C16H15N3O4. The van der Waals surface area contributed by atoms with Gasteiger partial charge in [-0.15, -0.1) is 0 Å². The zero-order valence-electron chi connectivity index (χ0n) is 12.3. The lowest BCUT2D eigenvalue weighted by molar-refractivity contribution is 0.0597. The van der Waals surface area contributed by atoms with Crippen LogP contribution in [0.3, 0.4) is 0 Å². The molecule has 0 fully saturated rings. The highest BCUT2D eigenvalue weighted by Crippen LogP contribution is 2.17. The number of esters is 2. The van der Waals surface area contributed by atoms with Gasteiger partial charge in [-0.3, -0.25) is 5.41 Å². The topological polar surface area (TPSA) is 114 Å². The molecule has 0 heterocycles. The normalized spacial score (nSPS) is 9.78. The number of benzene rings is 2. The van der Waals surface area contributed by atoms with Gasteiger partial charge in [0.2, 0.25) is 0 Å². The number of hydrogen-bond acceptors (Lipinski definition) is 5. The summed E-state index contributed by atoms with van der Waals surface area (Å²) in [7, 11) is 1.28. The Morgan fingerprint density at radius 3 is 2.35 bits per heavy atom. The van der Waals surface area contributed by atoms with Crippen LogP contribution in [0.25, 0.3) is 0 Å². The molecule has 7 heteroatoms. The monoisotopic (exact) mass is 313 g/mol. The molecule has 7 nitrogen and oxygen atoms in total. The van der Waals surface area contributed by atoms with Crippen LogP contribution in [-0.2, 0) is 4.74 Å². The van der Waals surface area contributed by atoms with Crippen LogP contribution in [0.1, 0.15) is 20.7 Å². The standard InChI is InChI=1S/C16H15N3O4/c1-22-14(20)11-3-2-4-13(9-11)23-15(21)10-5-7-12(8-6-10)19-16(17)18/h2-9H,1H3,(H4,17,18,19). The molecule has 0 aliphatic rings. The van der Waals surface area contributed by atoms with E-state index in [-0.39, 0.29) is 11.7 Å². The van der Waals surface area contributed by atoms with Crippen LogP contribution in [0.2, 0.25) is 0 Å². The SMILES string of the molecule is COC(=O)c1cccc(OC(=O)c2ccc(NC(=N)N)cc2)c1. The summed E-state index contributed by atoms with van der Waals surface area (Å²) in [5, 5.41) is 9.73. The van der Waals surface area contributed by atoms with Crippen molar-refractivity contribution in [1.82, 2.24) is 0 Å². The highest BCUT2D eigenvalue weighted by Gasteiger charge is 2.11. The third-order valence-corrected chi connectivity index (χ3v) is 2.87. The molecule has 0 aliphatic heterocycles. The van der Waals surface area contributed by atoms with Gasteiger partial charge >= 0.3 is 11.9 Å². The van der Waals surface area contributed by atoms with Gasteiger partial charge < -0.3 is 20.5 Å². The van der Waals surface area contributed by atoms with Crippen LogP contribution in [0.4, 0.5) is 5.69 Å². The minimum atomic E-state index is -0.568. The molecule has 0 saturated carbocycles. The first-order valence-corrected chi connectivity index (χ1v) is 6.61. The number of guanidine groups is 1. The van der Waals surface area contributed by atoms with E-state index in [1.807, 2.05) is 0 Å². The Labute approximate surface area is 132 Å². The third-order valence-electron chi connectivity index (χ3n) is 2.87. The quantitative estimate of drug-likeness (QED) is 0.344. The summed E-state index contributed by atoms with van der Waals surface area (Å²) in [5.41, 5.74) is 6.41. The van der Waals surface area contributed by atoms with Crippen LogP contribution in [0.5, 0.6) is 5.75 Å². The molecule has 2 aromatic carbocycles. The minimum absolute atomic E-state index is 0.194. The molecule has 0 radical (unpaired) electrons. The first kappa shape index (κ1) is 16.0. The number of hydrogen-bond donors (Lipinski definition) is 3. The van der Waals surface area contributed by atoms with Crippen LogP contribution in [-0.4, -0.2) is 25.0 Å². The van der Waals surface area contributed by atoms with Gasteiger partial charge in [-0.1, -0.05) is 6.07 Å². The third kappa shape index (κ3) is 4.31. The van der Waals surface area contributed by atoms with E-state index < -0.39 is 11.9 Å². The second-order valence-electron chi connectivity index (χ2n) is 4.52. The number of carbonyl (C=O) groups excluding carboxylic acids is 2. The molecule has 2 rings (SSSR count). The summed E-state index contributed by atoms with van der Waals surface area (Å²) in [4.78, 5) is 23.5. The molecule has 118 valence electrons. The molecule has 0 aliphatic carbocycles. The number of nitrogens with two attached hydrogens (primary N) is 1. The minimum Gasteiger partial charge on any atom is -0.465 e. The highest BCUT2D eigenvalue weighted by atomic mass is 16.5. The van der Waals surface area contributed by atoms with Crippen molar-refractivity contribution in [3.05, 3.63) is 59.7 Å². The molecule has 0 aromatic heterocycles. The summed E-state index contributed by atoms with van der Waals surface area (Å²) >= 11 is 0. The van der Waals surface area contributed by atoms with Crippen molar-refractivity contribution in [1.29, 1.82) is 5.41 Å². The molecule has 0 saturated heterocycles. The first-order chi connectivity index (χ1) is 11.0. The molecule has 0 spiro atoms. The fourth-order valence-corrected chi connectivity index (χ4v) is 1.82. The Morgan fingerprint density at radius 2 is 1.74 bits per heavy atom. The molecule has 0 bridgehead atoms. The van der Waals surface area contributed by atoms with E-state index in [1.54, 1.807) is 30.3 Å². The summed E-state index contributed by atoms with van der Waals surface area (Å²) in [6.45, 7) is 0. The molecule has 0 unspecified atom stereocenters. The lowest BCUT2D eigenvalue weighted by Gasteiger charge is -2.07. The van der Waals surface area contributed by atoms with E-state index in [0.29, 0.717) is 16.8 Å². The lowest BCUT2D eigenvalue weighted by Crippen LogP contribution is -2.20. The second kappa shape index (κ2) is 7.08. The summed E-state index contributed by atoms with van der Waals surface area (Å²) < 4.78 is 9.83. The summed E-state index contributed by atoms with van der Waals surface area (Å²) in [5.74, 6) is -1.03. The largest absolute Gasteiger partial charge is 0.465 e. The van der Waals surface area contributed by atoms with E-state index in [4.69, 9.17) is 15.9 Å². The van der Waals surface area contributed by atoms with Crippen molar-refractivity contribution in [2.45, 2.75) is 0 Å². The van der Waals surface area contributed by atoms with Gasteiger partial charge in [0.05, 0.1) is 18.2 Å². The zero-order chi connectivity index (χ0) is 16.8. The number of nitrogens with one attached hydrogen (secondary N) is 2. The van der Waals surface area contributed by atoms with E-state index in [1.165, 1.54) is 25.3 Å². The van der Waals surface area contributed by atoms with Crippen molar-refractivity contribution in [3.8, 4) is 5.75 Å². The average Bonchev–Trinajstić information content (AvgIpc) is 2.54. The van der Waals surface area contributed by atoms with Gasteiger partial charge in [0, 0.05) is 5.69 Å². The van der Waals surface area contributed by atoms with Crippen molar-refractivity contribution < 1.29 is 19.1 Å². The predicted molar refractivity (Wildman–Crippen MR) is 84.7 cm³/mol. The van der Waals surface area contributed by atoms with Crippen LogP contribution in [0.15, 0.2) is 48.5 Å². The van der Waals surface area contributed by atoms with E-state index in [9.17, 15) is 9.59 Å². The van der Waals surface area contributed by atoms with Gasteiger partial charge in [0.15, 0.2) is 5.96 Å². The Bertz CT molecular complexity index is 741. The molecular weight excluding hydrogens is 298 g/mol. The van der Waals surface area contributed by atoms with Gasteiger partial charge in [0.25, 0.3) is 0 Å². The number of methoxy groups -OCH3 is 1. The van der Waals surface area contributed by atoms with Crippen LogP contribution >= 0.6 is 0 Å². The first-order valence-electron chi connectivity index (χ1n) is 6.61. The fraction of sp³-hybridized carbons (Fsp3) is 0.0625. The maximum atomic E-state index is 12.1. The van der Waals surface area contributed by atoms with Gasteiger partial charge in [-0.25, -0.2) is 9.59 Å². The van der Waals surface area contributed by atoms with E-state index in [2.05, 4.69) is 10.1 Å². The maximum absolute atomic E-state index is 12.1. The van der Waals surface area contributed by atoms with Crippen molar-refractivity contribution in [2.24, 2.45) is 5.73 Å². The number of anilines is 1. The fourth-order valence-electron chi connectivity index (χ4n) is 1.82. The highest BCUT2D eigenvalue weighted by molar-refractivity contribution is 5.94. The molecule has 2 aromatic rings. The van der Waals surface area contributed by atoms with Gasteiger partial charge in [-0.05, 0) is 42.5 Å². The number of rotatable bonds is 4. The van der Waals surface area contributed by atoms with Crippen LogP contribution < -0.4 is 15.8 Å². The number of carbonyl (C=O) groups is 2.